The van der Waals surface area contributed by atoms with Crippen LogP contribution in [0.1, 0.15) is 37.7 Å². The molecular formula is C29H20Br2Cl2N2O7. The van der Waals surface area contributed by atoms with E-state index in [-0.39, 0.29) is 54.2 Å². The van der Waals surface area contributed by atoms with Gasteiger partial charge in [0.2, 0.25) is 5.76 Å². The maximum Gasteiger partial charge on any atom is 0.379 e. The van der Waals surface area contributed by atoms with Gasteiger partial charge in [-0.2, -0.15) is 5.01 Å². The fourth-order valence-electron chi connectivity index (χ4n) is 6.07. The van der Waals surface area contributed by atoms with Gasteiger partial charge in [-0.15, -0.1) is 0 Å². The van der Waals surface area contributed by atoms with Crippen LogP contribution in [0.15, 0.2) is 65.3 Å². The van der Waals surface area contributed by atoms with Crippen LogP contribution >= 0.6 is 55.1 Å². The number of nitrogens with zero attached hydrogens (tertiary/aromatic N) is 2. The van der Waals surface area contributed by atoms with Crippen molar-refractivity contribution in [2.45, 2.75) is 16.1 Å². The maximum atomic E-state index is 13.8. The Hall–Kier alpha value is -2.99. The summed E-state index contributed by atoms with van der Waals surface area (Å²) in [6, 6.07) is 12.8. The van der Waals surface area contributed by atoms with Crippen LogP contribution in [0.3, 0.4) is 0 Å². The molecule has 6 rings (SSSR count). The van der Waals surface area contributed by atoms with Crippen LogP contribution in [0.4, 0.5) is 0 Å². The number of esters is 1. The van der Waals surface area contributed by atoms with E-state index in [1.807, 2.05) is 0 Å². The lowest BCUT2D eigenvalue weighted by atomic mass is 9.81. The first-order chi connectivity index (χ1) is 20.1. The van der Waals surface area contributed by atoms with Gasteiger partial charge in [-0.3, -0.25) is 19.2 Å². The van der Waals surface area contributed by atoms with Crippen molar-refractivity contribution in [1.29, 1.82) is 0 Å². The molecule has 3 amide bonds. The molecule has 2 aromatic carbocycles. The number of imide groups is 1. The quantitative estimate of drug-likeness (QED) is 0.0987. The lowest BCUT2D eigenvalue weighted by molar-refractivity contribution is -0.154. The number of carbonyl (C=O) groups excluding carboxylic acids is 5. The summed E-state index contributed by atoms with van der Waals surface area (Å²) in [6.07, 6.45) is 2.05. The number of alkyl halides is 2. The van der Waals surface area contributed by atoms with E-state index in [1.54, 1.807) is 6.07 Å². The van der Waals surface area contributed by atoms with Crippen molar-refractivity contribution in [3.05, 3.63) is 87.8 Å². The third kappa shape index (κ3) is 4.90. The molecule has 3 fully saturated rings. The van der Waals surface area contributed by atoms with Crippen LogP contribution in [-0.4, -0.2) is 55.7 Å². The Kier molecular flexibility index (Phi) is 7.80. The molecule has 2 heterocycles. The molecule has 0 N–H and O–H groups in total. The smallest absolute Gasteiger partial charge is 0.379 e. The van der Waals surface area contributed by atoms with Crippen LogP contribution in [0.5, 0.6) is 5.75 Å². The molecule has 2 saturated carbocycles. The fraction of sp³-hybridized carbons (Fsp3) is 0.276. The second-order valence-corrected chi connectivity index (χ2v) is 13.2. The Morgan fingerprint density at radius 3 is 2.10 bits per heavy atom. The molecule has 3 aliphatic rings. The van der Waals surface area contributed by atoms with E-state index in [1.165, 1.54) is 54.8 Å². The van der Waals surface area contributed by atoms with E-state index < -0.39 is 47.9 Å². The molecule has 2 aliphatic carbocycles. The summed E-state index contributed by atoms with van der Waals surface area (Å²) in [6.45, 7) is -0.605. The van der Waals surface area contributed by atoms with Crippen LogP contribution in [-0.2, 0) is 9.59 Å². The lowest BCUT2D eigenvalue weighted by Gasteiger charge is -2.31. The molecule has 1 aliphatic heterocycles. The number of furan rings is 1. The standard InChI is InChI=1S/C29H20Br2Cl2N2O7/c30-24-16-11-17(25(24)31)23-22(16)27(38)35(28(23)39)34(26(37)14-5-8-18(32)19(33)10-14)12-20(36)13-3-6-15(7-4-13)42-29(40)21-2-1-9-41-21/h1-10,16-17,22-25H,11-12H2/t16-,17-,22-,23-,24-,25+/m1/s1. The molecule has 0 spiro atoms. The van der Waals surface area contributed by atoms with E-state index in [9.17, 15) is 24.0 Å². The summed E-state index contributed by atoms with van der Waals surface area (Å²) in [4.78, 5) is 67.0. The highest BCUT2D eigenvalue weighted by atomic mass is 79.9. The molecule has 1 aromatic heterocycles. The van der Waals surface area contributed by atoms with E-state index >= 15 is 0 Å². The first-order valence-corrected chi connectivity index (χ1v) is 15.5. The average molecular weight is 739 g/mol. The zero-order valence-corrected chi connectivity index (χ0v) is 26.1. The van der Waals surface area contributed by atoms with Gasteiger partial charge in [0.1, 0.15) is 12.3 Å². The largest absolute Gasteiger partial charge is 0.457 e. The van der Waals surface area contributed by atoms with Crippen molar-refractivity contribution in [2.24, 2.45) is 23.7 Å². The van der Waals surface area contributed by atoms with E-state index in [0.29, 0.717) is 6.42 Å². The van der Waals surface area contributed by atoms with E-state index in [4.69, 9.17) is 32.4 Å². The fourth-order valence-corrected chi connectivity index (χ4v) is 8.24. The van der Waals surface area contributed by atoms with Crippen LogP contribution in [0, 0.1) is 23.7 Å². The van der Waals surface area contributed by atoms with Crippen LogP contribution < -0.4 is 4.74 Å². The number of ether oxygens (including phenoxy) is 1. The third-order valence-corrected chi connectivity index (χ3v) is 12.0. The van der Waals surface area contributed by atoms with Gasteiger partial charge >= 0.3 is 5.97 Å². The Morgan fingerprint density at radius 2 is 1.52 bits per heavy atom. The van der Waals surface area contributed by atoms with Gasteiger partial charge in [0.15, 0.2) is 5.78 Å². The number of benzene rings is 2. The highest BCUT2D eigenvalue weighted by molar-refractivity contribution is 9.12. The summed E-state index contributed by atoms with van der Waals surface area (Å²) in [7, 11) is 0. The van der Waals surface area contributed by atoms with Gasteiger partial charge < -0.3 is 9.15 Å². The second kappa shape index (κ2) is 11.3. The summed E-state index contributed by atoms with van der Waals surface area (Å²) in [5.74, 6) is -4.22. The van der Waals surface area contributed by atoms with Crippen molar-refractivity contribution < 1.29 is 33.1 Å². The molecule has 216 valence electrons. The van der Waals surface area contributed by atoms with Crippen molar-refractivity contribution in [3.63, 3.8) is 0 Å². The Labute approximate surface area is 266 Å². The number of halogens is 4. The van der Waals surface area contributed by atoms with E-state index in [0.717, 1.165) is 10.0 Å². The number of hydrogen-bond acceptors (Lipinski definition) is 7. The molecule has 42 heavy (non-hydrogen) atoms. The normalized spacial score (nSPS) is 26.0. The number of rotatable bonds is 7. The Morgan fingerprint density at radius 1 is 0.905 bits per heavy atom. The molecule has 9 nitrogen and oxygen atoms in total. The highest BCUT2D eigenvalue weighted by Crippen LogP contribution is 2.60. The van der Waals surface area contributed by atoms with Gasteiger partial charge in [0.25, 0.3) is 17.7 Å². The molecule has 13 heteroatoms. The predicted octanol–water partition coefficient (Wildman–Crippen LogP) is 5.82. The van der Waals surface area contributed by atoms with Crippen LogP contribution in [0.2, 0.25) is 10.0 Å². The first-order valence-electron chi connectivity index (χ1n) is 12.9. The first kappa shape index (κ1) is 29.1. The van der Waals surface area contributed by atoms with Crippen molar-refractivity contribution in [3.8, 4) is 5.75 Å². The van der Waals surface area contributed by atoms with Crippen LogP contribution in [0.25, 0.3) is 0 Å². The number of fused-ring (bicyclic) bond motifs is 5. The maximum absolute atomic E-state index is 13.8. The third-order valence-electron chi connectivity index (χ3n) is 8.01. The van der Waals surface area contributed by atoms with Crippen molar-refractivity contribution in [2.75, 3.05) is 6.54 Å². The number of hydrazine groups is 1. The van der Waals surface area contributed by atoms with Crippen molar-refractivity contribution >= 4 is 84.5 Å². The SMILES string of the molecule is O=C(CN(C(=O)c1ccc(Cl)c(Cl)c1)N1C(=O)[C@@H]2[C@H]3C[C@@H]([C@@H](Br)[C@H]3Br)[C@H]2C1=O)c1ccc(OC(=O)c2ccco2)cc1. The van der Waals surface area contributed by atoms with Crippen molar-refractivity contribution in [1.82, 2.24) is 10.0 Å². The zero-order valence-electron chi connectivity index (χ0n) is 21.4. The number of ketones is 1. The number of hydrogen-bond donors (Lipinski definition) is 0. The van der Waals surface area contributed by atoms with Gasteiger partial charge in [-0.05, 0) is 72.9 Å². The molecular weight excluding hydrogens is 719 g/mol. The van der Waals surface area contributed by atoms with Gasteiger partial charge in [0, 0.05) is 20.8 Å². The molecule has 2 bridgehead atoms. The lowest BCUT2D eigenvalue weighted by Crippen LogP contribution is -2.52. The molecule has 0 radical (unpaired) electrons. The minimum atomic E-state index is -0.759. The predicted molar refractivity (Wildman–Crippen MR) is 158 cm³/mol. The summed E-state index contributed by atoms with van der Waals surface area (Å²) in [5.41, 5.74) is 0.217. The molecule has 6 atom stereocenters. The zero-order chi connectivity index (χ0) is 29.9. The van der Waals surface area contributed by atoms with Gasteiger partial charge in [0.05, 0.1) is 28.1 Å². The minimum Gasteiger partial charge on any atom is -0.457 e. The Bertz CT molecular complexity index is 1580. The van der Waals surface area contributed by atoms with Gasteiger partial charge in [-0.25, -0.2) is 9.80 Å². The molecule has 1 saturated heterocycles. The number of carbonyl (C=O) groups is 5. The monoisotopic (exact) mass is 736 g/mol. The topological polar surface area (TPSA) is 114 Å². The summed E-state index contributed by atoms with van der Waals surface area (Å²) >= 11 is 19.5. The average Bonchev–Trinajstić information content (AvgIpc) is 3.75. The molecule has 3 aromatic rings. The number of Topliss-reactive ketones (excluding diaryl/α,β-unsaturated/α-hetero) is 1. The summed E-state index contributed by atoms with van der Waals surface area (Å²) < 4.78 is 10.3. The molecule has 0 unspecified atom stereocenters. The Balaban J connectivity index is 1.28. The minimum absolute atomic E-state index is 0.00158. The van der Waals surface area contributed by atoms with E-state index in [2.05, 4.69) is 31.9 Å². The second-order valence-electron chi connectivity index (χ2n) is 10.3. The highest BCUT2D eigenvalue weighted by Gasteiger charge is 2.67. The van der Waals surface area contributed by atoms with Gasteiger partial charge in [-0.1, -0.05) is 55.1 Å². The summed E-state index contributed by atoms with van der Waals surface area (Å²) in [5, 5.41) is 2.05. The number of amides is 3.